The highest BCUT2D eigenvalue weighted by atomic mass is 35.5. The lowest BCUT2D eigenvalue weighted by Crippen LogP contribution is -2.51. The number of carbonyl (C=O) groups excluding carboxylic acids is 1. The van der Waals surface area contributed by atoms with E-state index in [-0.39, 0.29) is 30.5 Å². The maximum atomic E-state index is 12.3. The van der Waals surface area contributed by atoms with Crippen LogP contribution < -0.4 is 5.73 Å². The minimum Gasteiger partial charge on any atom is -0.467 e. The van der Waals surface area contributed by atoms with E-state index in [4.69, 9.17) is 14.9 Å². The Morgan fingerprint density at radius 1 is 1.56 bits per heavy atom. The number of furan rings is 1. The molecule has 0 saturated carbocycles. The molecule has 6 heteroatoms. The third-order valence-electron chi connectivity index (χ3n) is 3.25. The first-order valence-electron chi connectivity index (χ1n) is 5.83. The van der Waals surface area contributed by atoms with Crippen LogP contribution in [0.4, 0.5) is 0 Å². The summed E-state index contributed by atoms with van der Waals surface area (Å²) >= 11 is 0. The molecule has 1 aromatic heterocycles. The van der Waals surface area contributed by atoms with Crippen molar-refractivity contribution in [2.45, 2.75) is 32.5 Å². The minimum absolute atomic E-state index is 0. The standard InChI is InChI=1S/C12H18N2O3.ClH/c1-8-9(2)16-4-3-14(8)12(15)10-5-11(6-13)17-7-10;/h5,7-9H,3-4,6,13H2,1-2H3;1H. The number of nitrogens with zero attached hydrogens (tertiary/aromatic N) is 1. The molecule has 2 unspecified atom stereocenters. The zero-order valence-corrected chi connectivity index (χ0v) is 11.4. The fourth-order valence-corrected chi connectivity index (χ4v) is 1.99. The van der Waals surface area contributed by atoms with Crippen molar-refractivity contribution < 1.29 is 13.9 Å². The lowest BCUT2D eigenvalue weighted by Gasteiger charge is -2.37. The second kappa shape index (κ2) is 6.22. The number of hydrogen-bond acceptors (Lipinski definition) is 4. The molecule has 1 saturated heterocycles. The maximum Gasteiger partial charge on any atom is 0.257 e. The van der Waals surface area contributed by atoms with Gasteiger partial charge in [-0.15, -0.1) is 12.4 Å². The first-order valence-corrected chi connectivity index (χ1v) is 5.83. The van der Waals surface area contributed by atoms with Gasteiger partial charge in [0.1, 0.15) is 12.0 Å². The molecule has 0 radical (unpaired) electrons. The molecule has 18 heavy (non-hydrogen) atoms. The van der Waals surface area contributed by atoms with Crippen LogP contribution in [0.5, 0.6) is 0 Å². The number of rotatable bonds is 2. The van der Waals surface area contributed by atoms with E-state index < -0.39 is 0 Å². The molecule has 1 aliphatic rings. The molecule has 0 aliphatic carbocycles. The van der Waals surface area contributed by atoms with E-state index in [1.54, 1.807) is 6.07 Å². The molecule has 1 fully saturated rings. The van der Waals surface area contributed by atoms with Gasteiger partial charge < -0.3 is 19.8 Å². The number of hydrogen-bond donors (Lipinski definition) is 1. The van der Waals surface area contributed by atoms with Gasteiger partial charge in [0.25, 0.3) is 5.91 Å². The van der Waals surface area contributed by atoms with Crippen molar-refractivity contribution in [2.24, 2.45) is 5.73 Å². The van der Waals surface area contributed by atoms with Gasteiger partial charge in [-0.1, -0.05) is 0 Å². The van der Waals surface area contributed by atoms with Gasteiger partial charge in [-0.05, 0) is 19.9 Å². The molecule has 2 N–H and O–H groups in total. The Labute approximate surface area is 113 Å². The Bertz CT molecular complexity index is 408. The van der Waals surface area contributed by atoms with Crippen molar-refractivity contribution in [3.63, 3.8) is 0 Å². The third kappa shape index (κ3) is 2.85. The van der Waals surface area contributed by atoms with Crippen LogP contribution in [0.15, 0.2) is 16.7 Å². The summed E-state index contributed by atoms with van der Waals surface area (Å²) < 4.78 is 10.7. The summed E-state index contributed by atoms with van der Waals surface area (Å²) in [5.74, 6) is 0.610. The fraction of sp³-hybridized carbons (Fsp3) is 0.583. The maximum absolute atomic E-state index is 12.3. The zero-order valence-electron chi connectivity index (χ0n) is 10.6. The highest BCUT2D eigenvalue weighted by Gasteiger charge is 2.30. The monoisotopic (exact) mass is 274 g/mol. The normalized spacial score (nSPS) is 23.6. The van der Waals surface area contributed by atoms with Crippen LogP contribution in [0.2, 0.25) is 0 Å². The van der Waals surface area contributed by atoms with Gasteiger partial charge in [0.15, 0.2) is 0 Å². The number of morpholine rings is 1. The number of amides is 1. The molecule has 1 aromatic rings. The molecule has 1 amide bonds. The highest BCUT2D eigenvalue weighted by Crippen LogP contribution is 2.18. The molecule has 5 nitrogen and oxygen atoms in total. The van der Waals surface area contributed by atoms with Crippen molar-refractivity contribution in [3.05, 3.63) is 23.7 Å². The van der Waals surface area contributed by atoms with Crippen LogP contribution in [-0.4, -0.2) is 36.1 Å². The summed E-state index contributed by atoms with van der Waals surface area (Å²) in [6.07, 6.45) is 1.53. The summed E-state index contributed by atoms with van der Waals surface area (Å²) in [4.78, 5) is 14.1. The van der Waals surface area contributed by atoms with E-state index >= 15 is 0 Å². The molecule has 2 heterocycles. The van der Waals surface area contributed by atoms with Crippen molar-refractivity contribution in [2.75, 3.05) is 13.2 Å². The summed E-state index contributed by atoms with van der Waals surface area (Å²) in [5, 5.41) is 0. The molecular formula is C12H19ClN2O3. The van der Waals surface area contributed by atoms with Gasteiger partial charge in [0.05, 0.1) is 30.9 Å². The Kier molecular flexibility index (Phi) is 5.19. The molecule has 1 aliphatic heterocycles. The number of halogens is 1. The number of ether oxygens (including phenoxy) is 1. The Morgan fingerprint density at radius 2 is 2.28 bits per heavy atom. The largest absolute Gasteiger partial charge is 0.467 e. The van der Waals surface area contributed by atoms with Crippen LogP contribution >= 0.6 is 12.4 Å². The molecule has 2 atom stereocenters. The van der Waals surface area contributed by atoms with Crippen molar-refractivity contribution >= 4 is 18.3 Å². The van der Waals surface area contributed by atoms with Crippen LogP contribution in [0.1, 0.15) is 30.0 Å². The topological polar surface area (TPSA) is 68.7 Å². The van der Waals surface area contributed by atoms with E-state index in [1.807, 2.05) is 18.7 Å². The van der Waals surface area contributed by atoms with E-state index in [2.05, 4.69) is 0 Å². The first kappa shape index (κ1) is 15.0. The molecule has 2 rings (SSSR count). The molecule has 0 spiro atoms. The third-order valence-corrected chi connectivity index (χ3v) is 3.25. The van der Waals surface area contributed by atoms with Crippen LogP contribution in [0.3, 0.4) is 0 Å². The van der Waals surface area contributed by atoms with Crippen LogP contribution in [0, 0.1) is 0 Å². The molecule has 102 valence electrons. The Morgan fingerprint density at radius 3 is 2.89 bits per heavy atom. The second-order valence-corrected chi connectivity index (χ2v) is 4.32. The van der Waals surface area contributed by atoms with E-state index in [0.717, 1.165) is 0 Å². The first-order chi connectivity index (χ1) is 8.13. The van der Waals surface area contributed by atoms with Gasteiger partial charge in [-0.25, -0.2) is 0 Å². The predicted molar refractivity (Wildman–Crippen MR) is 69.8 cm³/mol. The number of nitrogens with two attached hydrogens (primary N) is 1. The van der Waals surface area contributed by atoms with Gasteiger partial charge >= 0.3 is 0 Å². The van der Waals surface area contributed by atoms with Gasteiger partial charge in [0.2, 0.25) is 0 Å². The number of carbonyl (C=O) groups is 1. The van der Waals surface area contributed by atoms with E-state index in [0.29, 0.717) is 31.0 Å². The molecule has 0 aromatic carbocycles. The Balaban J connectivity index is 0.00000162. The summed E-state index contributed by atoms with van der Waals surface area (Å²) in [7, 11) is 0. The van der Waals surface area contributed by atoms with Gasteiger partial charge in [-0.3, -0.25) is 4.79 Å². The quantitative estimate of drug-likeness (QED) is 0.885. The fourth-order valence-electron chi connectivity index (χ4n) is 1.99. The summed E-state index contributed by atoms with van der Waals surface area (Å²) in [6.45, 7) is 5.48. The van der Waals surface area contributed by atoms with Crippen LogP contribution in [-0.2, 0) is 11.3 Å². The van der Waals surface area contributed by atoms with Gasteiger partial charge in [-0.2, -0.15) is 0 Å². The Hall–Kier alpha value is -1.04. The lowest BCUT2D eigenvalue weighted by molar-refractivity contribution is -0.0440. The molecule has 0 bridgehead atoms. The van der Waals surface area contributed by atoms with E-state index in [1.165, 1.54) is 6.26 Å². The van der Waals surface area contributed by atoms with Crippen molar-refractivity contribution in [3.8, 4) is 0 Å². The van der Waals surface area contributed by atoms with Crippen LogP contribution in [0.25, 0.3) is 0 Å². The summed E-state index contributed by atoms with van der Waals surface area (Å²) in [5.41, 5.74) is 6.01. The second-order valence-electron chi connectivity index (χ2n) is 4.32. The zero-order chi connectivity index (χ0) is 12.4. The SMILES string of the molecule is CC1OCCN(C(=O)c2coc(CN)c2)C1C.Cl. The highest BCUT2D eigenvalue weighted by molar-refractivity contribution is 5.94. The van der Waals surface area contributed by atoms with Crippen molar-refractivity contribution in [1.29, 1.82) is 0 Å². The van der Waals surface area contributed by atoms with Crippen molar-refractivity contribution in [1.82, 2.24) is 4.90 Å². The average molecular weight is 275 g/mol. The minimum atomic E-state index is -0.0175. The predicted octanol–water partition coefficient (Wildman–Crippen LogP) is 1.41. The lowest BCUT2D eigenvalue weighted by atomic mass is 10.1. The van der Waals surface area contributed by atoms with E-state index in [9.17, 15) is 4.79 Å². The summed E-state index contributed by atoms with van der Waals surface area (Å²) in [6, 6.07) is 1.78. The average Bonchev–Trinajstić information content (AvgIpc) is 2.80. The molecular weight excluding hydrogens is 256 g/mol. The smallest absolute Gasteiger partial charge is 0.257 e. The van der Waals surface area contributed by atoms with Gasteiger partial charge in [0, 0.05) is 6.54 Å².